The van der Waals surface area contributed by atoms with Crippen molar-refractivity contribution in [3.8, 4) is 0 Å². The van der Waals surface area contributed by atoms with E-state index < -0.39 is 11.6 Å². The first-order valence-corrected chi connectivity index (χ1v) is 8.26. The number of halogens is 2. The molecule has 1 heterocycles. The highest BCUT2D eigenvalue weighted by Crippen LogP contribution is 2.12. The normalized spacial score (nSPS) is 15.1. The predicted octanol–water partition coefficient (Wildman–Crippen LogP) is 0.923. The number of rotatable bonds is 5. The Morgan fingerprint density at radius 1 is 1.12 bits per heavy atom. The molecule has 8 heteroatoms. The van der Waals surface area contributed by atoms with Gasteiger partial charge < -0.3 is 15.1 Å². The van der Waals surface area contributed by atoms with Crippen LogP contribution in [-0.4, -0.2) is 80.0 Å². The van der Waals surface area contributed by atoms with Gasteiger partial charge in [-0.2, -0.15) is 0 Å². The molecule has 1 aromatic carbocycles. The van der Waals surface area contributed by atoms with Gasteiger partial charge in [0.2, 0.25) is 5.91 Å². The van der Waals surface area contributed by atoms with Crippen molar-refractivity contribution in [2.45, 2.75) is 6.42 Å². The summed E-state index contributed by atoms with van der Waals surface area (Å²) in [6.07, 6.45) is 0.107. The maximum absolute atomic E-state index is 13.5. The van der Waals surface area contributed by atoms with Crippen LogP contribution < -0.4 is 5.32 Å². The van der Waals surface area contributed by atoms with E-state index in [0.717, 1.165) is 0 Å². The van der Waals surface area contributed by atoms with E-state index in [0.29, 0.717) is 26.2 Å². The number of urea groups is 1. The lowest BCUT2D eigenvalue weighted by atomic mass is 10.1. The largest absolute Gasteiger partial charge is 0.355 e. The zero-order valence-electron chi connectivity index (χ0n) is 14.6. The summed E-state index contributed by atoms with van der Waals surface area (Å²) in [5, 5.41) is 2.68. The van der Waals surface area contributed by atoms with Crippen molar-refractivity contribution < 1.29 is 18.4 Å². The van der Waals surface area contributed by atoms with E-state index in [1.807, 2.05) is 4.90 Å². The molecule has 1 aliphatic heterocycles. The van der Waals surface area contributed by atoms with Crippen molar-refractivity contribution >= 4 is 11.9 Å². The Morgan fingerprint density at radius 2 is 1.72 bits per heavy atom. The van der Waals surface area contributed by atoms with E-state index >= 15 is 0 Å². The Bertz CT molecular complexity index is 596. The Kier molecular flexibility index (Phi) is 6.69. The van der Waals surface area contributed by atoms with Gasteiger partial charge in [-0.05, 0) is 18.6 Å². The van der Waals surface area contributed by atoms with E-state index in [1.165, 1.54) is 23.1 Å². The maximum atomic E-state index is 13.5. The molecule has 1 N–H and O–H groups in total. The molecule has 1 fully saturated rings. The average Bonchev–Trinajstić information content (AvgIpc) is 2.57. The van der Waals surface area contributed by atoms with Gasteiger partial charge in [0.25, 0.3) is 0 Å². The quantitative estimate of drug-likeness (QED) is 0.856. The third-order valence-electron chi connectivity index (χ3n) is 4.15. The Morgan fingerprint density at radius 3 is 2.28 bits per heavy atom. The highest BCUT2D eigenvalue weighted by atomic mass is 19.1. The fraction of sp³-hybridized carbons (Fsp3) is 0.529. The summed E-state index contributed by atoms with van der Waals surface area (Å²) >= 11 is 0. The molecule has 138 valence electrons. The lowest BCUT2D eigenvalue weighted by Crippen LogP contribution is -2.53. The van der Waals surface area contributed by atoms with Crippen LogP contribution >= 0.6 is 0 Å². The molecule has 6 nitrogen and oxygen atoms in total. The topological polar surface area (TPSA) is 55.9 Å². The molecule has 3 amide bonds. The van der Waals surface area contributed by atoms with Crippen molar-refractivity contribution in [3.63, 3.8) is 0 Å². The van der Waals surface area contributed by atoms with Gasteiger partial charge in [0.15, 0.2) is 0 Å². The standard InChI is InChI=1S/C17H24F2N4O2/c1-21(2)17(25)23-10-8-22(9-11-23)12-16(24)20-7-6-13-14(18)4-3-5-15(13)19/h3-5H,6-12H2,1-2H3,(H,20,24). The minimum Gasteiger partial charge on any atom is -0.355 e. The van der Waals surface area contributed by atoms with E-state index in [2.05, 4.69) is 5.32 Å². The number of piperazine rings is 1. The molecule has 1 saturated heterocycles. The van der Waals surface area contributed by atoms with Crippen molar-refractivity contribution in [1.29, 1.82) is 0 Å². The van der Waals surface area contributed by atoms with Crippen LogP contribution in [0.25, 0.3) is 0 Å². The maximum Gasteiger partial charge on any atom is 0.319 e. The number of carbonyl (C=O) groups is 2. The molecule has 2 rings (SSSR count). The minimum absolute atomic E-state index is 0.0152. The van der Waals surface area contributed by atoms with E-state index in [-0.39, 0.29) is 37.0 Å². The molecule has 0 spiro atoms. The SMILES string of the molecule is CN(C)C(=O)N1CCN(CC(=O)NCCc2c(F)cccc2F)CC1. The first kappa shape index (κ1) is 19.1. The molecule has 0 atom stereocenters. The number of amides is 3. The Labute approximate surface area is 146 Å². The highest BCUT2D eigenvalue weighted by molar-refractivity contribution is 5.78. The summed E-state index contributed by atoms with van der Waals surface area (Å²) in [5.41, 5.74) is -0.0152. The van der Waals surface area contributed by atoms with Gasteiger partial charge in [-0.3, -0.25) is 9.69 Å². The predicted molar refractivity (Wildman–Crippen MR) is 90.2 cm³/mol. The summed E-state index contributed by atoms with van der Waals surface area (Å²) in [5.74, 6) is -1.39. The van der Waals surface area contributed by atoms with Crippen molar-refractivity contribution in [1.82, 2.24) is 20.0 Å². The summed E-state index contributed by atoms with van der Waals surface area (Å²) in [6.45, 7) is 2.78. The molecule has 0 aliphatic carbocycles. The van der Waals surface area contributed by atoms with Crippen molar-refractivity contribution in [2.75, 3.05) is 53.4 Å². The van der Waals surface area contributed by atoms with E-state index in [1.54, 1.807) is 19.0 Å². The molecule has 0 saturated carbocycles. The fourth-order valence-electron chi connectivity index (χ4n) is 2.74. The monoisotopic (exact) mass is 354 g/mol. The molecule has 25 heavy (non-hydrogen) atoms. The second-order valence-corrected chi connectivity index (χ2v) is 6.24. The number of nitrogens with zero attached hydrogens (tertiary/aromatic N) is 3. The summed E-state index contributed by atoms with van der Waals surface area (Å²) < 4.78 is 27.0. The Hall–Kier alpha value is -2.22. The Balaban J connectivity index is 1.70. The summed E-state index contributed by atoms with van der Waals surface area (Å²) in [6, 6.07) is 3.69. The highest BCUT2D eigenvalue weighted by Gasteiger charge is 2.23. The summed E-state index contributed by atoms with van der Waals surface area (Å²) in [4.78, 5) is 29.1. The van der Waals surface area contributed by atoms with E-state index in [9.17, 15) is 18.4 Å². The molecule has 0 radical (unpaired) electrons. The third kappa shape index (κ3) is 5.38. The van der Waals surface area contributed by atoms with Crippen LogP contribution in [0.1, 0.15) is 5.56 Å². The number of hydrogen-bond acceptors (Lipinski definition) is 3. The molecule has 0 aromatic heterocycles. The number of hydrogen-bond donors (Lipinski definition) is 1. The molecule has 0 unspecified atom stereocenters. The van der Waals surface area contributed by atoms with Crippen molar-refractivity contribution in [3.05, 3.63) is 35.4 Å². The second-order valence-electron chi connectivity index (χ2n) is 6.24. The van der Waals surface area contributed by atoms with Gasteiger partial charge in [0, 0.05) is 52.4 Å². The van der Waals surface area contributed by atoms with Gasteiger partial charge in [0.1, 0.15) is 11.6 Å². The van der Waals surface area contributed by atoms with Crippen LogP contribution in [0.15, 0.2) is 18.2 Å². The second kappa shape index (κ2) is 8.75. The average molecular weight is 354 g/mol. The van der Waals surface area contributed by atoms with Gasteiger partial charge >= 0.3 is 6.03 Å². The first-order valence-electron chi connectivity index (χ1n) is 8.26. The third-order valence-corrected chi connectivity index (χ3v) is 4.15. The number of nitrogens with one attached hydrogen (secondary N) is 1. The van der Waals surface area contributed by atoms with Crippen LogP contribution in [0.5, 0.6) is 0 Å². The zero-order valence-corrected chi connectivity index (χ0v) is 14.6. The van der Waals surface area contributed by atoms with Crippen LogP contribution in [0.3, 0.4) is 0 Å². The van der Waals surface area contributed by atoms with Gasteiger partial charge in [-0.1, -0.05) is 6.07 Å². The van der Waals surface area contributed by atoms with E-state index in [4.69, 9.17) is 0 Å². The zero-order chi connectivity index (χ0) is 18.4. The molecule has 1 aliphatic rings. The first-order chi connectivity index (χ1) is 11.9. The summed E-state index contributed by atoms with van der Waals surface area (Å²) in [7, 11) is 3.42. The van der Waals surface area contributed by atoms with Crippen LogP contribution in [0.4, 0.5) is 13.6 Å². The van der Waals surface area contributed by atoms with Gasteiger partial charge in [0.05, 0.1) is 6.54 Å². The van der Waals surface area contributed by atoms with Crippen LogP contribution in [0.2, 0.25) is 0 Å². The van der Waals surface area contributed by atoms with Crippen LogP contribution in [0, 0.1) is 11.6 Å². The van der Waals surface area contributed by atoms with Crippen molar-refractivity contribution in [2.24, 2.45) is 0 Å². The molecular formula is C17H24F2N4O2. The number of benzene rings is 1. The lowest BCUT2D eigenvalue weighted by Gasteiger charge is -2.35. The minimum atomic E-state index is -0.601. The van der Waals surface area contributed by atoms with Gasteiger partial charge in [-0.15, -0.1) is 0 Å². The molecule has 1 aromatic rings. The fourth-order valence-corrected chi connectivity index (χ4v) is 2.74. The molecule has 0 bridgehead atoms. The van der Waals surface area contributed by atoms with Crippen LogP contribution in [-0.2, 0) is 11.2 Å². The lowest BCUT2D eigenvalue weighted by molar-refractivity contribution is -0.122. The smallest absolute Gasteiger partial charge is 0.319 e. The molecular weight excluding hydrogens is 330 g/mol. The number of carbonyl (C=O) groups excluding carboxylic acids is 2. The van der Waals surface area contributed by atoms with Gasteiger partial charge in [-0.25, -0.2) is 13.6 Å².